The average Bonchev–Trinajstić information content (AvgIpc) is 3.23. The van der Waals surface area contributed by atoms with Crippen molar-refractivity contribution in [2.45, 2.75) is 12.8 Å². The third-order valence-electron chi connectivity index (χ3n) is 2.95. The van der Waals surface area contributed by atoms with E-state index in [0.29, 0.717) is 12.8 Å². The maximum absolute atomic E-state index is 11.9. The number of nitro groups is 1. The van der Waals surface area contributed by atoms with Gasteiger partial charge in [-0.15, -0.1) is 0 Å². The molecule has 0 amide bonds. The smallest absolute Gasteiger partial charge is 0.281 e. The van der Waals surface area contributed by atoms with Gasteiger partial charge in [0.15, 0.2) is 11.5 Å². The lowest BCUT2D eigenvalue weighted by molar-refractivity contribution is -0.385. The third kappa shape index (κ3) is 2.63. The Labute approximate surface area is 119 Å². The standard InChI is InChI=1S/C13H9ClN2O4/c14-8-3-4-9(11(5-8)16(19)20)13(18)10(6-15)12(17)7-1-2-7/h3-5,7,18H,1-2H2. The van der Waals surface area contributed by atoms with E-state index in [1.807, 2.05) is 0 Å². The predicted molar refractivity (Wildman–Crippen MR) is 71.0 cm³/mol. The summed E-state index contributed by atoms with van der Waals surface area (Å²) >= 11 is 5.67. The number of aliphatic hydroxyl groups is 1. The number of nitriles is 1. The summed E-state index contributed by atoms with van der Waals surface area (Å²) in [5, 5.41) is 30.1. The Bertz CT molecular complexity index is 671. The summed E-state index contributed by atoms with van der Waals surface area (Å²) in [6.45, 7) is 0. The number of allylic oxidation sites excluding steroid dienone is 1. The number of halogens is 1. The van der Waals surface area contributed by atoms with E-state index >= 15 is 0 Å². The molecule has 0 aromatic heterocycles. The molecule has 1 aliphatic carbocycles. The molecule has 0 heterocycles. The molecule has 0 radical (unpaired) electrons. The van der Waals surface area contributed by atoms with Gasteiger partial charge < -0.3 is 5.11 Å². The van der Waals surface area contributed by atoms with Crippen LogP contribution in [0.2, 0.25) is 5.02 Å². The van der Waals surface area contributed by atoms with Crippen molar-refractivity contribution in [1.29, 1.82) is 5.26 Å². The van der Waals surface area contributed by atoms with Crippen molar-refractivity contribution in [2.75, 3.05) is 0 Å². The van der Waals surface area contributed by atoms with Crippen molar-refractivity contribution in [3.8, 4) is 6.07 Å². The molecule has 1 aromatic rings. The molecule has 1 saturated carbocycles. The van der Waals surface area contributed by atoms with Crippen LogP contribution in [0.15, 0.2) is 23.8 Å². The van der Waals surface area contributed by atoms with Crippen molar-refractivity contribution >= 4 is 28.8 Å². The first-order chi connectivity index (χ1) is 9.45. The molecule has 2 rings (SSSR count). The number of aliphatic hydroxyl groups excluding tert-OH is 1. The van der Waals surface area contributed by atoms with Gasteiger partial charge >= 0.3 is 0 Å². The van der Waals surface area contributed by atoms with Crippen molar-refractivity contribution < 1.29 is 14.8 Å². The number of nitrogens with zero attached hydrogens (tertiary/aromatic N) is 2. The van der Waals surface area contributed by atoms with Crippen LogP contribution in [0.3, 0.4) is 0 Å². The minimum absolute atomic E-state index is 0.125. The van der Waals surface area contributed by atoms with E-state index in [1.165, 1.54) is 12.1 Å². The molecule has 0 aliphatic heterocycles. The van der Waals surface area contributed by atoms with Gasteiger partial charge in [0.2, 0.25) is 0 Å². The molecule has 0 atom stereocenters. The van der Waals surface area contributed by atoms with Gasteiger partial charge in [0.1, 0.15) is 11.6 Å². The summed E-state index contributed by atoms with van der Waals surface area (Å²) in [6, 6.07) is 5.25. The highest BCUT2D eigenvalue weighted by atomic mass is 35.5. The first kappa shape index (κ1) is 14.0. The summed E-state index contributed by atoms with van der Waals surface area (Å²) in [4.78, 5) is 22.1. The topological polar surface area (TPSA) is 104 Å². The molecule has 102 valence electrons. The number of carbonyl (C=O) groups excluding carboxylic acids is 1. The molecule has 1 aliphatic rings. The van der Waals surface area contributed by atoms with Gasteiger partial charge in [-0.3, -0.25) is 14.9 Å². The summed E-state index contributed by atoms with van der Waals surface area (Å²) in [5.41, 5.74) is -1.09. The van der Waals surface area contributed by atoms with Crippen LogP contribution in [-0.4, -0.2) is 15.8 Å². The Morgan fingerprint density at radius 2 is 2.15 bits per heavy atom. The van der Waals surface area contributed by atoms with Gasteiger partial charge in [0.05, 0.1) is 10.5 Å². The van der Waals surface area contributed by atoms with Crippen LogP contribution in [0.25, 0.3) is 5.76 Å². The second kappa shape index (κ2) is 5.31. The molecule has 7 heteroatoms. The predicted octanol–water partition coefficient (Wildman–Crippen LogP) is 3.02. The van der Waals surface area contributed by atoms with Gasteiger partial charge in [-0.1, -0.05) is 11.6 Å². The lowest BCUT2D eigenvalue weighted by Crippen LogP contribution is -2.07. The second-order valence-electron chi connectivity index (χ2n) is 4.39. The molecule has 20 heavy (non-hydrogen) atoms. The van der Waals surface area contributed by atoms with Gasteiger partial charge in [0.25, 0.3) is 5.69 Å². The Hall–Kier alpha value is -2.39. The normalized spacial score (nSPS) is 15.2. The third-order valence-corrected chi connectivity index (χ3v) is 3.19. The highest BCUT2D eigenvalue weighted by Crippen LogP contribution is 2.35. The zero-order valence-electron chi connectivity index (χ0n) is 10.2. The summed E-state index contributed by atoms with van der Waals surface area (Å²) in [6.07, 6.45) is 1.33. The molecule has 6 nitrogen and oxygen atoms in total. The number of hydrogen-bond acceptors (Lipinski definition) is 5. The van der Waals surface area contributed by atoms with Crippen molar-refractivity contribution in [1.82, 2.24) is 0 Å². The SMILES string of the molecule is N#CC(C(=O)C1CC1)=C(O)c1ccc(Cl)cc1[N+](=O)[O-]. The highest BCUT2D eigenvalue weighted by molar-refractivity contribution is 6.30. The van der Waals surface area contributed by atoms with Crippen LogP contribution < -0.4 is 0 Å². The summed E-state index contributed by atoms with van der Waals surface area (Å²) in [5.74, 6) is -1.42. The number of hydrogen-bond donors (Lipinski definition) is 1. The Kier molecular flexibility index (Phi) is 3.72. The van der Waals surface area contributed by atoms with Crippen molar-refractivity contribution in [3.05, 3.63) is 44.5 Å². The van der Waals surface area contributed by atoms with E-state index in [2.05, 4.69) is 0 Å². The maximum Gasteiger partial charge on any atom is 0.281 e. The first-order valence-corrected chi connectivity index (χ1v) is 6.15. The fraction of sp³-hybridized carbons (Fsp3) is 0.231. The first-order valence-electron chi connectivity index (χ1n) is 5.77. The van der Waals surface area contributed by atoms with Crippen molar-refractivity contribution in [3.63, 3.8) is 0 Å². The minimum Gasteiger partial charge on any atom is -0.506 e. The lowest BCUT2D eigenvalue weighted by Gasteiger charge is -2.05. The maximum atomic E-state index is 11.9. The van der Waals surface area contributed by atoms with Crippen LogP contribution in [0.4, 0.5) is 5.69 Å². The number of Topliss-reactive ketones (excluding diaryl/α,β-unsaturated/α-hetero) is 1. The molecule has 0 spiro atoms. The Morgan fingerprint density at radius 1 is 1.50 bits per heavy atom. The van der Waals surface area contributed by atoms with Gasteiger partial charge in [-0.2, -0.15) is 5.26 Å². The molecule has 0 unspecified atom stereocenters. The van der Waals surface area contributed by atoms with Crippen LogP contribution in [0, 0.1) is 27.4 Å². The fourth-order valence-electron chi connectivity index (χ4n) is 1.77. The minimum atomic E-state index is -0.728. The van der Waals surface area contributed by atoms with Crippen LogP contribution >= 0.6 is 11.6 Å². The van der Waals surface area contributed by atoms with E-state index in [4.69, 9.17) is 16.9 Å². The molecule has 0 bridgehead atoms. The quantitative estimate of drug-likeness (QED) is 0.302. The number of benzene rings is 1. The van der Waals surface area contributed by atoms with Gasteiger partial charge in [0, 0.05) is 17.0 Å². The van der Waals surface area contributed by atoms with E-state index < -0.39 is 27.7 Å². The molecule has 1 fully saturated rings. The fourth-order valence-corrected chi connectivity index (χ4v) is 1.93. The highest BCUT2D eigenvalue weighted by Gasteiger charge is 2.34. The molecule has 0 saturated heterocycles. The zero-order chi connectivity index (χ0) is 14.9. The number of nitro benzene ring substituents is 1. The van der Waals surface area contributed by atoms with E-state index in [0.717, 1.165) is 6.07 Å². The lowest BCUT2D eigenvalue weighted by atomic mass is 10.0. The second-order valence-corrected chi connectivity index (χ2v) is 4.83. The van der Waals surface area contributed by atoms with Crippen LogP contribution in [0.5, 0.6) is 0 Å². The number of ketones is 1. The number of carbonyl (C=O) groups is 1. The summed E-state index contributed by atoms with van der Waals surface area (Å²) < 4.78 is 0. The van der Waals surface area contributed by atoms with E-state index in [-0.39, 0.29) is 16.5 Å². The molecular weight excluding hydrogens is 284 g/mol. The zero-order valence-corrected chi connectivity index (χ0v) is 10.9. The average molecular weight is 293 g/mol. The Balaban J connectivity index is 2.56. The van der Waals surface area contributed by atoms with Gasteiger partial charge in [-0.05, 0) is 25.0 Å². The van der Waals surface area contributed by atoms with Gasteiger partial charge in [-0.25, -0.2) is 0 Å². The summed E-state index contributed by atoms with van der Waals surface area (Å²) in [7, 11) is 0. The van der Waals surface area contributed by atoms with E-state index in [1.54, 1.807) is 6.07 Å². The monoisotopic (exact) mass is 292 g/mol. The van der Waals surface area contributed by atoms with Crippen LogP contribution in [0.1, 0.15) is 18.4 Å². The molecule has 1 N–H and O–H groups in total. The largest absolute Gasteiger partial charge is 0.506 e. The van der Waals surface area contributed by atoms with Crippen LogP contribution in [-0.2, 0) is 4.79 Å². The Morgan fingerprint density at radius 3 is 2.65 bits per heavy atom. The number of rotatable bonds is 4. The van der Waals surface area contributed by atoms with E-state index in [9.17, 15) is 20.0 Å². The van der Waals surface area contributed by atoms with Crippen molar-refractivity contribution in [2.24, 2.45) is 5.92 Å². The molecule has 1 aromatic carbocycles. The molecular formula is C13H9ClN2O4.